The van der Waals surface area contributed by atoms with E-state index >= 15 is 0 Å². The number of nitrogens with zero attached hydrogens (tertiary/aromatic N) is 7. The number of fused-ring (bicyclic) bond motifs is 1. The van der Waals surface area contributed by atoms with Crippen molar-refractivity contribution in [1.82, 2.24) is 34.0 Å². The number of hydrogen-bond acceptors (Lipinski definition) is 6. The number of rotatable bonds is 4. The number of carbonyl (C=O) groups excluding carboxylic acids is 2. The van der Waals surface area contributed by atoms with Gasteiger partial charge in [0.1, 0.15) is 18.3 Å². The highest BCUT2D eigenvalue weighted by Gasteiger charge is 2.25. The molecule has 0 unspecified atom stereocenters. The molecule has 0 atom stereocenters. The molecule has 10 heteroatoms. The third kappa shape index (κ3) is 4.16. The number of aromatic nitrogens is 4. The molecule has 2 fully saturated rings. The highest BCUT2D eigenvalue weighted by Crippen LogP contribution is 2.10. The number of likely N-dealkylation sites (tertiary alicyclic amines) is 1. The second-order valence-electron chi connectivity index (χ2n) is 7.78. The van der Waals surface area contributed by atoms with Crippen LogP contribution in [0.15, 0.2) is 17.3 Å². The van der Waals surface area contributed by atoms with Gasteiger partial charge in [0.15, 0.2) is 5.65 Å². The average molecular weight is 401 g/mol. The van der Waals surface area contributed by atoms with E-state index in [1.54, 1.807) is 11.9 Å². The molecule has 2 aliphatic heterocycles. The van der Waals surface area contributed by atoms with Gasteiger partial charge in [-0.15, -0.1) is 0 Å². The molecular weight excluding hydrogens is 374 g/mol. The van der Waals surface area contributed by atoms with Crippen LogP contribution in [0.1, 0.15) is 19.3 Å². The zero-order chi connectivity index (χ0) is 20.4. The predicted octanol–water partition coefficient (Wildman–Crippen LogP) is -0.713. The van der Waals surface area contributed by atoms with Crippen molar-refractivity contribution in [3.63, 3.8) is 0 Å². The van der Waals surface area contributed by atoms with Crippen LogP contribution in [0.3, 0.4) is 0 Å². The second-order valence-corrected chi connectivity index (χ2v) is 7.78. The van der Waals surface area contributed by atoms with Gasteiger partial charge in [0, 0.05) is 46.3 Å². The summed E-state index contributed by atoms with van der Waals surface area (Å²) in [5, 5.41) is 4.45. The van der Waals surface area contributed by atoms with E-state index in [2.05, 4.69) is 15.0 Å². The van der Waals surface area contributed by atoms with E-state index in [1.807, 2.05) is 4.90 Å². The van der Waals surface area contributed by atoms with E-state index in [1.165, 1.54) is 28.2 Å². The maximum atomic E-state index is 12.7. The fourth-order valence-corrected chi connectivity index (χ4v) is 4.01. The van der Waals surface area contributed by atoms with Gasteiger partial charge in [0.2, 0.25) is 11.8 Å². The van der Waals surface area contributed by atoms with Crippen LogP contribution in [0.2, 0.25) is 0 Å². The van der Waals surface area contributed by atoms with Crippen LogP contribution >= 0.6 is 0 Å². The fourth-order valence-electron chi connectivity index (χ4n) is 4.01. The van der Waals surface area contributed by atoms with Crippen LogP contribution < -0.4 is 5.56 Å². The van der Waals surface area contributed by atoms with Crippen molar-refractivity contribution in [1.29, 1.82) is 0 Å². The van der Waals surface area contributed by atoms with Crippen molar-refractivity contribution in [2.24, 2.45) is 7.05 Å². The maximum Gasteiger partial charge on any atom is 0.264 e. The van der Waals surface area contributed by atoms with Crippen molar-refractivity contribution >= 4 is 22.8 Å². The van der Waals surface area contributed by atoms with Crippen molar-refractivity contribution in [2.75, 3.05) is 45.8 Å². The molecule has 0 bridgehead atoms. The Balaban J connectivity index is 1.30. The first-order chi connectivity index (χ1) is 14.0. The lowest BCUT2D eigenvalue weighted by Crippen LogP contribution is -2.52. The highest BCUT2D eigenvalue weighted by atomic mass is 16.2. The highest BCUT2D eigenvalue weighted by molar-refractivity contribution is 5.79. The Morgan fingerprint density at radius 1 is 0.931 bits per heavy atom. The molecule has 29 heavy (non-hydrogen) atoms. The SMILES string of the molecule is Cn1ncc2c(=O)n(CC(=O)N3CCN(CC(=O)N4CCCCC4)CC3)cnc21. The van der Waals surface area contributed by atoms with Crippen LogP contribution in [0.25, 0.3) is 11.0 Å². The third-order valence-electron chi connectivity index (χ3n) is 5.82. The Kier molecular flexibility index (Phi) is 5.61. The minimum atomic E-state index is -0.262. The van der Waals surface area contributed by atoms with Crippen molar-refractivity contribution in [3.05, 3.63) is 22.9 Å². The summed E-state index contributed by atoms with van der Waals surface area (Å²) in [6.07, 6.45) is 6.26. The third-order valence-corrected chi connectivity index (χ3v) is 5.82. The van der Waals surface area contributed by atoms with Gasteiger partial charge in [-0.05, 0) is 19.3 Å². The van der Waals surface area contributed by atoms with Crippen LogP contribution in [0.5, 0.6) is 0 Å². The quantitative estimate of drug-likeness (QED) is 0.671. The van der Waals surface area contributed by atoms with Crippen LogP contribution in [-0.2, 0) is 23.2 Å². The van der Waals surface area contributed by atoms with Crippen molar-refractivity contribution in [3.8, 4) is 0 Å². The molecule has 2 aromatic rings. The van der Waals surface area contributed by atoms with Gasteiger partial charge in [0.05, 0.1) is 12.7 Å². The lowest BCUT2D eigenvalue weighted by atomic mass is 10.1. The Morgan fingerprint density at radius 3 is 2.31 bits per heavy atom. The molecule has 2 aromatic heterocycles. The van der Waals surface area contributed by atoms with Gasteiger partial charge in [0.25, 0.3) is 5.56 Å². The Morgan fingerprint density at radius 2 is 1.59 bits per heavy atom. The molecule has 4 heterocycles. The summed E-state index contributed by atoms with van der Waals surface area (Å²) < 4.78 is 2.87. The second kappa shape index (κ2) is 8.32. The summed E-state index contributed by atoms with van der Waals surface area (Å²) in [5.74, 6) is 0.0750. The van der Waals surface area contributed by atoms with Gasteiger partial charge in [-0.2, -0.15) is 5.10 Å². The number of aryl methyl sites for hydroxylation is 1. The fraction of sp³-hybridized carbons (Fsp3) is 0.632. The first-order valence-electron chi connectivity index (χ1n) is 10.2. The molecule has 0 saturated carbocycles. The summed E-state index contributed by atoms with van der Waals surface area (Å²) in [7, 11) is 1.72. The molecule has 0 aliphatic carbocycles. The predicted molar refractivity (Wildman–Crippen MR) is 106 cm³/mol. The molecule has 156 valence electrons. The van der Waals surface area contributed by atoms with E-state index in [0.29, 0.717) is 43.8 Å². The molecule has 0 spiro atoms. The van der Waals surface area contributed by atoms with E-state index in [9.17, 15) is 14.4 Å². The summed E-state index contributed by atoms with van der Waals surface area (Å²) in [4.78, 5) is 47.7. The monoisotopic (exact) mass is 401 g/mol. The van der Waals surface area contributed by atoms with E-state index in [-0.39, 0.29) is 23.9 Å². The van der Waals surface area contributed by atoms with Crippen molar-refractivity contribution < 1.29 is 9.59 Å². The van der Waals surface area contributed by atoms with E-state index in [0.717, 1.165) is 25.9 Å². The molecule has 0 radical (unpaired) electrons. The summed E-state index contributed by atoms with van der Waals surface area (Å²) >= 11 is 0. The molecule has 0 N–H and O–H groups in total. The van der Waals surface area contributed by atoms with Gasteiger partial charge in [-0.3, -0.25) is 28.5 Å². The van der Waals surface area contributed by atoms with E-state index < -0.39 is 0 Å². The standard InChI is InChI=1S/C19H27N7O3/c1-22-18-15(11-21-22)19(29)26(14-20-18)13-17(28)25-9-7-23(8-10-25)12-16(27)24-5-3-2-4-6-24/h11,14H,2-10,12-13H2,1H3. The topological polar surface area (TPSA) is 96.6 Å². The molecule has 2 aliphatic rings. The molecule has 10 nitrogen and oxygen atoms in total. The molecule has 2 amide bonds. The Labute approximate surface area is 168 Å². The zero-order valence-corrected chi connectivity index (χ0v) is 16.8. The van der Waals surface area contributed by atoms with Crippen LogP contribution in [0, 0.1) is 0 Å². The molecular formula is C19H27N7O3. The van der Waals surface area contributed by atoms with E-state index in [4.69, 9.17) is 0 Å². The summed E-state index contributed by atoms with van der Waals surface area (Å²) in [6, 6.07) is 0. The van der Waals surface area contributed by atoms with Crippen molar-refractivity contribution in [2.45, 2.75) is 25.8 Å². The number of carbonyl (C=O) groups is 2. The maximum absolute atomic E-state index is 12.7. The zero-order valence-electron chi connectivity index (χ0n) is 16.8. The summed E-state index contributed by atoms with van der Waals surface area (Å²) in [6.45, 7) is 4.56. The number of piperazine rings is 1. The smallest absolute Gasteiger partial charge is 0.264 e. The minimum Gasteiger partial charge on any atom is -0.342 e. The molecule has 2 saturated heterocycles. The Bertz CT molecular complexity index is 952. The minimum absolute atomic E-state index is 0.0383. The van der Waals surface area contributed by atoms with Gasteiger partial charge in [-0.1, -0.05) is 0 Å². The van der Waals surface area contributed by atoms with Gasteiger partial charge >= 0.3 is 0 Å². The first-order valence-corrected chi connectivity index (χ1v) is 10.2. The van der Waals surface area contributed by atoms with Gasteiger partial charge in [-0.25, -0.2) is 4.98 Å². The Hall–Kier alpha value is -2.75. The van der Waals surface area contributed by atoms with Gasteiger partial charge < -0.3 is 9.80 Å². The average Bonchev–Trinajstić information content (AvgIpc) is 3.12. The summed E-state index contributed by atoms with van der Waals surface area (Å²) in [5.41, 5.74) is 0.243. The number of amides is 2. The number of hydrogen-bond donors (Lipinski definition) is 0. The normalized spacial score (nSPS) is 18.4. The lowest BCUT2D eigenvalue weighted by Gasteiger charge is -2.36. The number of piperidine rings is 1. The van der Waals surface area contributed by atoms with Crippen LogP contribution in [-0.4, -0.2) is 91.7 Å². The van der Waals surface area contributed by atoms with Crippen LogP contribution in [0.4, 0.5) is 0 Å². The molecule has 0 aromatic carbocycles. The molecule has 4 rings (SSSR count). The largest absolute Gasteiger partial charge is 0.342 e. The lowest BCUT2D eigenvalue weighted by molar-refractivity contribution is -0.136. The first kappa shape index (κ1) is 19.6.